The van der Waals surface area contributed by atoms with Gasteiger partial charge >= 0.3 is 6.03 Å². The molecule has 0 saturated carbocycles. The van der Waals surface area contributed by atoms with Crippen molar-refractivity contribution in [1.29, 1.82) is 0 Å². The van der Waals surface area contributed by atoms with Gasteiger partial charge in [-0.3, -0.25) is 19.4 Å². The van der Waals surface area contributed by atoms with Gasteiger partial charge in [0, 0.05) is 11.4 Å². The number of aryl methyl sites for hydroxylation is 1. The van der Waals surface area contributed by atoms with Gasteiger partial charge < -0.3 is 5.32 Å². The van der Waals surface area contributed by atoms with E-state index in [1.54, 1.807) is 19.1 Å². The molecule has 0 aliphatic carbocycles. The lowest BCUT2D eigenvalue weighted by atomic mass is 9.87. The highest BCUT2D eigenvalue weighted by molar-refractivity contribution is 6.16. The molecule has 1 saturated heterocycles. The van der Waals surface area contributed by atoms with Gasteiger partial charge in [0.1, 0.15) is 12.6 Å². The Kier molecular flexibility index (Phi) is 5.46. The van der Waals surface area contributed by atoms with Crippen molar-refractivity contribution in [3.63, 3.8) is 0 Å². The monoisotopic (exact) mass is 393 g/mol. The molecule has 0 unspecified atom stereocenters. The summed E-state index contributed by atoms with van der Waals surface area (Å²) in [5.74, 6) is -0.790. The first-order valence-electron chi connectivity index (χ1n) is 9.69. The average molecular weight is 393 g/mol. The van der Waals surface area contributed by atoms with E-state index in [-0.39, 0.29) is 17.9 Å². The molecule has 0 radical (unpaired) electrons. The van der Waals surface area contributed by atoms with Gasteiger partial charge in [-0.1, -0.05) is 50.6 Å². The molecular formula is C23H27N3O3. The minimum absolute atomic E-state index is 0.0203. The molecule has 0 aromatic heterocycles. The van der Waals surface area contributed by atoms with Gasteiger partial charge in [-0.05, 0) is 49.1 Å². The van der Waals surface area contributed by atoms with E-state index in [0.29, 0.717) is 11.4 Å². The van der Waals surface area contributed by atoms with Crippen molar-refractivity contribution in [2.75, 3.05) is 16.8 Å². The molecule has 2 aromatic rings. The zero-order valence-corrected chi connectivity index (χ0v) is 17.5. The maximum absolute atomic E-state index is 12.8. The summed E-state index contributed by atoms with van der Waals surface area (Å²) < 4.78 is 0. The van der Waals surface area contributed by atoms with Crippen LogP contribution in [0.5, 0.6) is 0 Å². The number of rotatable bonds is 4. The maximum atomic E-state index is 12.8. The molecule has 1 heterocycles. The fraction of sp³-hybridized carbons (Fsp3) is 0.348. The lowest BCUT2D eigenvalue weighted by Crippen LogP contribution is -2.39. The van der Waals surface area contributed by atoms with Gasteiger partial charge in [0.2, 0.25) is 5.91 Å². The Labute approximate surface area is 171 Å². The van der Waals surface area contributed by atoms with Crippen LogP contribution in [0.25, 0.3) is 0 Å². The van der Waals surface area contributed by atoms with Gasteiger partial charge in [-0.25, -0.2) is 4.79 Å². The molecule has 1 N–H and O–H groups in total. The van der Waals surface area contributed by atoms with E-state index in [2.05, 4.69) is 26.1 Å². The van der Waals surface area contributed by atoms with Gasteiger partial charge in [-0.15, -0.1) is 0 Å². The van der Waals surface area contributed by atoms with Crippen LogP contribution in [0.15, 0.2) is 48.5 Å². The predicted molar refractivity (Wildman–Crippen MR) is 114 cm³/mol. The van der Waals surface area contributed by atoms with Gasteiger partial charge in [-0.2, -0.15) is 0 Å². The molecule has 6 nitrogen and oxygen atoms in total. The lowest BCUT2D eigenvalue weighted by Gasteiger charge is -2.20. The smallest absolute Gasteiger partial charge is 0.325 e. The van der Waals surface area contributed by atoms with Crippen LogP contribution < -0.4 is 10.2 Å². The summed E-state index contributed by atoms with van der Waals surface area (Å²) in [4.78, 5) is 40.3. The van der Waals surface area contributed by atoms with E-state index in [1.807, 2.05) is 43.3 Å². The molecule has 4 amide bonds. The van der Waals surface area contributed by atoms with E-state index in [9.17, 15) is 14.4 Å². The van der Waals surface area contributed by atoms with Crippen molar-refractivity contribution in [2.45, 2.75) is 46.1 Å². The van der Waals surface area contributed by atoms with Crippen LogP contribution in [0, 0.1) is 6.92 Å². The second kappa shape index (κ2) is 7.70. The molecule has 6 heteroatoms. The van der Waals surface area contributed by atoms with Crippen molar-refractivity contribution in [1.82, 2.24) is 4.90 Å². The van der Waals surface area contributed by atoms with E-state index in [1.165, 1.54) is 4.90 Å². The summed E-state index contributed by atoms with van der Waals surface area (Å²) in [6.07, 6.45) is 0. The minimum atomic E-state index is -0.649. The summed E-state index contributed by atoms with van der Waals surface area (Å²) in [5, 5.41) is 2.76. The van der Waals surface area contributed by atoms with Crippen LogP contribution >= 0.6 is 0 Å². The number of hydrogen-bond donors (Lipinski definition) is 1. The largest absolute Gasteiger partial charge is 0.332 e. The Morgan fingerprint density at radius 3 is 2.14 bits per heavy atom. The summed E-state index contributed by atoms with van der Waals surface area (Å²) in [7, 11) is 0. The first kappa shape index (κ1) is 20.6. The first-order valence-corrected chi connectivity index (χ1v) is 9.69. The van der Waals surface area contributed by atoms with Crippen molar-refractivity contribution in [3.05, 3.63) is 59.7 Å². The number of amides is 4. The number of urea groups is 1. The molecule has 152 valence electrons. The van der Waals surface area contributed by atoms with Gasteiger partial charge in [0.15, 0.2) is 0 Å². The third-order valence-electron chi connectivity index (χ3n) is 5.10. The normalized spacial score (nSPS) is 17.1. The van der Waals surface area contributed by atoms with Gasteiger partial charge in [0.25, 0.3) is 5.91 Å². The van der Waals surface area contributed by atoms with E-state index in [4.69, 9.17) is 0 Å². The molecule has 2 aromatic carbocycles. The second-order valence-electron chi connectivity index (χ2n) is 8.46. The SMILES string of the molecule is Cc1ccc(N2C(=O)N(CC(=O)Nc3ccc(C(C)(C)C)cc3)C(=O)[C@@H]2C)cc1. The number of carbonyl (C=O) groups excluding carboxylic acids is 3. The predicted octanol–water partition coefficient (Wildman–Crippen LogP) is 4.09. The highest BCUT2D eigenvalue weighted by atomic mass is 16.2. The lowest BCUT2D eigenvalue weighted by molar-refractivity contribution is -0.130. The van der Waals surface area contributed by atoms with Crippen LogP contribution in [0.1, 0.15) is 38.8 Å². The minimum Gasteiger partial charge on any atom is -0.325 e. The number of nitrogens with zero attached hydrogens (tertiary/aromatic N) is 2. The third-order valence-corrected chi connectivity index (χ3v) is 5.10. The topological polar surface area (TPSA) is 69.7 Å². The summed E-state index contributed by atoms with van der Waals surface area (Å²) in [6, 6.07) is 13.8. The molecular weight excluding hydrogens is 366 g/mol. The summed E-state index contributed by atoms with van der Waals surface area (Å²) in [6.45, 7) is 9.66. The number of nitrogens with one attached hydrogen (secondary N) is 1. The molecule has 1 aliphatic heterocycles. The zero-order chi connectivity index (χ0) is 21.3. The number of imide groups is 1. The van der Waals surface area contributed by atoms with Crippen molar-refractivity contribution >= 4 is 29.2 Å². The highest BCUT2D eigenvalue weighted by Gasteiger charge is 2.44. The Morgan fingerprint density at radius 1 is 1.00 bits per heavy atom. The van der Waals surface area contributed by atoms with Crippen LogP contribution in [-0.2, 0) is 15.0 Å². The Balaban J connectivity index is 1.69. The number of carbonyl (C=O) groups is 3. The van der Waals surface area contributed by atoms with E-state index in [0.717, 1.165) is 16.0 Å². The number of anilines is 2. The molecule has 3 rings (SSSR count). The Morgan fingerprint density at radius 2 is 1.59 bits per heavy atom. The average Bonchev–Trinajstić information content (AvgIpc) is 2.86. The van der Waals surface area contributed by atoms with Crippen LogP contribution in [-0.4, -0.2) is 35.3 Å². The number of hydrogen-bond acceptors (Lipinski definition) is 3. The van der Waals surface area contributed by atoms with Crippen molar-refractivity contribution in [3.8, 4) is 0 Å². The summed E-state index contributed by atoms with van der Waals surface area (Å²) in [5.41, 5.74) is 3.51. The Hall–Kier alpha value is -3.15. The summed E-state index contributed by atoms with van der Waals surface area (Å²) >= 11 is 0. The zero-order valence-electron chi connectivity index (χ0n) is 17.5. The molecule has 1 atom stereocenters. The molecule has 0 spiro atoms. The molecule has 1 aliphatic rings. The molecule has 29 heavy (non-hydrogen) atoms. The molecule has 1 fully saturated rings. The highest BCUT2D eigenvalue weighted by Crippen LogP contribution is 2.26. The van der Waals surface area contributed by atoms with Crippen LogP contribution in [0.2, 0.25) is 0 Å². The second-order valence-corrected chi connectivity index (χ2v) is 8.46. The van der Waals surface area contributed by atoms with Gasteiger partial charge in [0.05, 0.1) is 0 Å². The maximum Gasteiger partial charge on any atom is 0.332 e. The third kappa shape index (κ3) is 4.31. The molecule has 0 bridgehead atoms. The number of benzene rings is 2. The van der Waals surface area contributed by atoms with Crippen molar-refractivity contribution in [2.24, 2.45) is 0 Å². The first-order chi connectivity index (χ1) is 13.6. The van der Waals surface area contributed by atoms with Crippen molar-refractivity contribution < 1.29 is 14.4 Å². The quantitative estimate of drug-likeness (QED) is 0.796. The van der Waals surface area contributed by atoms with Crippen LogP contribution in [0.3, 0.4) is 0 Å². The van der Waals surface area contributed by atoms with E-state index < -0.39 is 18.0 Å². The standard InChI is InChI=1S/C23H27N3O3/c1-15-6-12-19(13-7-15)26-16(2)21(28)25(22(26)29)14-20(27)24-18-10-8-17(9-11-18)23(3,4)5/h6-13,16H,14H2,1-5H3,(H,24,27)/t16-/m0/s1. The van der Waals surface area contributed by atoms with Crippen LogP contribution in [0.4, 0.5) is 16.2 Å². The van der Waals surface area contributed by atoms with E-state index >= 15 is 0 Å². The fourth-order valence-electron chi connectivity index (χ4n) is 3.31. The fourth-order valence-corrected chi connectivity index (χ4v) is 3.31. The Bertz CT molecular complexity index is 927.